The molecule has 0 saturated heterocycles. The van der Waals surface area contributed by atoms with E-state index in [1.54, 1.807) is 61.9 Å². The average molecular weight is 591 g/mol. The van der Waals surface area contributed by atoms with E-state index < -0.39 is 11.9 Å². The predicted octanol–water partition coefficient (Wildman–Crippen LogP) is 6.28. The van der Waals surface area contributed by atoms with Gasteiger partial charge in [0.2, 0.25) is 0 Å². The number of thiophene rings is 2. The molecule has 0 saturated carbocycles. The van der Waals surface area contributed by atoms with Gasteiger partial charge in [-0.15, -0.1) is 22.7 Å². The maximum atomic E-state index is 12.9. The van der Waals surface area contributed by atoms with Crippen molar-refractivity contribution < 1.29 is 24.6 Å². The van der Waals surface area contributed by atoms with Crippen molar-refractivity contribution in [1.82, 2.24) is 10.3 Å². The molecule has 9 nitrogen and oxygen atoms in total. The van der Waals surface area contributed by atoms with Crippen LogP contribution in [0.3, 0.4) is 0 Å². The maximum absolute atomic E-state index is 12.9. The van der Waals surface area contributed by atoms with Crippen molar-refractivity contribution in [3.8, 4) is 16.2 Å². The summed E-state index contributed by atoms with van der Waals surface area (Å²) in [6, 6.07) is 12.9. The summed E-state index contributed by atoms with van der Waals surface area (Å²) < 4.78 is 0. The predicted molar refractivity (Wildman–Crippen MR) is 151 cm³/mol. The summed E-state index contributed by atoms with van der Waals surface area (Å²) >= 11 is 14.0. The minimum absolute atomic E-state index is 0.0369. The summed E-state index contributed by atoms with van der Waals surface area (Å²) in [5.41, 5.74) is 1.27. The first-order valence-electron chi connectivity index (χ1n) is 10.7. The van der Waals surface area contributed by atoms with E-state index in [4.69, 9.17) is 28.3 Å². The van der Waals surface area contributed by atoms with Gasteiger partial charge in [0, 0.05) is 24.8 Å². The molecule has 13 heteroatoms. The molecule has 1 aromatic carbocycles. The van der Waals surface area contributed by atoms with Gasteiger partial charge in [0.25, 0.3) is 11.8 Å². The molecule has 0 unspecified atom stereocenters. The first kappa shape index (κ1) is 28.8. The van der Waals surface area contributed by atoms with Crippen LogP contribution in [-0.4, -0.2) is 46.2 Å². The van der Waals surface area contributed by atoms with Crippen molar-refractivity contribution in [2.45, 2.75) is 6.92 Å². The van der Waals surface area contributed by atoms with Gasteiger partial charge in [0.05, 0.1) is 19.8 Å². The van der Waals surface area contributed by atoms with E-state index in [0.29, 0.717) is 26.2 Å². The summed E-state index contributed by atoms with van der Waals surface area (Å²) in [5.74, 6) is -1.96. The molecule has 0 radical (unpaired) electrons. The third-order valence-electron chi connectivity index (χ3n) is 4.73. The lowest BCUT2D eigenvalue weighted by Gasteiger charge is -2.15. The molecular formula is C25H20Cl2N4O5S2. The van der Waals surface area contributed by atoms with Crippen LogP contribution < -0.4 is 10.3 Å². The molecule has 196 valence electrons. The molecule has 0 aliphatic heterocycles. The summed E-state index contributed by atoms with van der Waals surface area (Å²) in [5, 5.41) is 29.6. The molecule has 0 fully saturated rings. The Balaban J connectivity index is 0.000000336. The van der Waals surface area contributed by atoms with E-state index in [0.717, 1.165) is 16.3 Å². The van der Waals surface area contributed by atoms with Gasteiger partial charge in [0.1, 0.15) is 16.3 Å². The Kier molecular flexibility index (Phi) is 9.97. The van der Waals surface area contributed by atoms with Gasteiger partial charge in [-0.3, -0.25) is 14.6 Å². The Morgan fingerprint density at radius 2 is 1.82 bits per heavy atom. The van der Waals surface area contributed by atoms with E-state index in [1.807, 2.05) is 0 Å². The number of anilines is 1. The van der Waals surface area contributed by atoms with Gasteiger partial charge in [-0.05, 0) is 48.9 Å². The Bertz CT molecular complexity index is 1490. The number of halogens is 2. The lowest BCUT2D eigenvalue weighted by atomic mass is 10.1. The van der Waals surface area contributed by atoms with Crippen molar-refractivity contribution in [3.63, 3.8) is 0 Å². The SMILES string of the molecule is CC=NN(C(=O)c1ccc(C(=O)O)s1)c1csc(-c2ccc(Cl)c(Cl)c2)c1O.CNC(=O)c1ccccn1. The fraction of sp³-hybridized carbons (Fsp3) is 0.0800. The zero-order chi connectivity index (χ0) is 27.8. The summed E-state index contributed by atoms with van der Waals surface area (Å²) in [6.45, 7) is 1.63. The minimum atomic E-state index is -1.12. The quantitative estimate of drug-likeness (QED) is 0.179. The smallest absolute Gasteiger partial charge is 0.345 e. The highest BCUT2D eigenvalue weighted by molar-refractivity contribution is 7.16. The van der Waals surface area contributed by atoms with Crippen molar-refractivity contribution in [2.24, 2.45) is 5.10 Å². The number of aromatic hydroxyl groups is 1. The van der Waals surface area contributed by atoms with Crippen LogP contribution in [0.15, 0.2) is 65.2 Å². The van der Waals surface area contributed by atoms with Gasteiger partial charge in [-0.2, -0.15) is 10.1 Å². The zero-order valence-corrected chi connectivity index (χ0v) is 23.0. The number of hydrogen-bond acceptors (Lipinski definition) is 8. The number of aromatic carboxylic acids is 1. The number of amides is 2. The largest absolute Gasteiger partial charge is 0.504 e. The number of nitrogens with one attached hydrogen (secondary N) is 1. The molecule has 0 aliphatic carbocycles. The van der Waals surface area contributed by atoms with Crippen LogP contribution in [0.2, 0.25) is 10.0 Å². The topological polar surface area (TPSA) is 132 Å². The molecule has 0 spiro atoms. The molecular weight excluding hydrogens is 571 g/mol. The highest BCUT2D eigenvalue weighted by atomic mass is 35.5. The second-order valence-electron chi connectivity index (χ2n) is 7.18. The van der Waals surface area contributed by atoms with Crippen molar-refractivity contribution in [3.05, 3.63) is 85.6 Å². The van der Waals surface area contributed by atoms with E-state index >= 15 is 0 Å². The Hall–Kier alpha value is -3.77. The zero-order valence-electron chi connectivity index (χ0n) is 19.9. The van der Waals surface area contributed by atoms with E-state index in [9.17, 15) is 19.5 Å². The highest BCUT2D eigenvalue weighted by Crippen LogP contribution is 2.45. The number of hydrogen-bond donors (Lipinski definition) is 3. The third-order valence-corrected chi connectivity index (χ3v) is 7.54. The van der Waals surface area contributed by atoms with Crippen LogP contribution in [-0.2, 0) is 0 Å². The summed E-state index contributed by atoms with van der Waals surface area (Å²) in [6.07, 6.45) is 2.99. The van der Waals surface area contributed by atoms with Crippen molar-refractivity contribution in [2.75, 3.05) is 12.1 Å². The first-order chi connectivity index (χ1) is 18.2. The van der Waals surface area contributed by atoms with Crippen LogP contribution in [0, 0.1) is 0 Å². The number of carboxylic acids is 1. The molecule has 3 heterocycles. The number of carbonyl (C=O) groups excluding carboxylic acids is 2. The lowest BCUT2D eigenvalue weighted by Crippen LogP contribution is -2.24. The van der Waals surface area contributed by atoms with Crippen LogP contribution >= 0.6 is 45.9 Å². The lowest BCUT2D eigenvalue weighted by molar-refractivity contribution is 0.0701. The van der Waals surface area contributed by atoms with Crippen LogP contribution in [0.4, 0.5) is 5.69 Å². The Morgan fingerprint density at radius 3 is 2.39 bits per heavy atom. The van der Waals surface area contributed by atoms with E-state index in [1.165, 1.54) is 29.7 Å². The van der Waals surface area contributed by atoms with Crippen molar-refractivity contribution >= 4 is 75.6 Å². The number of hydrazone groups is 1. The summed E-state index contributed by atoms with van der Waals surface area (Å²) in [7, 11) is 1.58. The van der Waals surface area contributed by atoms with Gasteiger partial charge >= 0.3 is 5.97 Å². The van der Waals surface area contributed by atoms with Crippen molar-refractivity contribution in [1.29, 1.82) is 0 Å². The molecule has 3 aromatic heterocycles. The second kappa shape index (κ2) is 13.2. The molecule has 38 heavy (non-hydrogen) atoms. The molecule has 3 N–H and O–H groups in total. The van der Waals surface area contributed by atoms with Crippen LogP contribution in [0.25, 0.3) is 10.4 Å². The molecule has 4 aromatic rings. The number of carboxylic acid groups (broad SMARTS) is 1. The van der Waals surface area contributed by atoms with Gasteiger partial charge in [-0.1, -0.05) is 35.3 Å². The minimum Gasteiger partial charge on any atom is -0.504 e. The normalized spacial score (nSPS) is 10.5. The molecule has 0 aliphatic rings. The number of aromatic nitrogens is 1. The van der Waals surface area contributed by atoms with E-state index in [2.05, 4.69) is 15.4 Å². The van der Waals surface area contributed by atoms with Crippen LogP contribution in [0.1, 0.15) is 36.8 Å². The summed E-state index contributed by atoms with van der Waals surface area (Å²) in [4.78, 5) is 39.3. The van der Waals surface area contributed by atoms with E-state index in [-0.39, 0.29) is 27.1 Å². The number of carbonyl (C=O) groups is 3. The molecule has 2 amide bonds. The fourth-order valence-electron chi connectivity index (χ4n) is 2.97. The number of pyridine rings is 1. The molecule has 4 rings (SSSR count). The maximum Gasteiger partial charge on any atom is 0.345 e. The number of nitrogens with zero attached hydrogens (tertiary/aromatic N) is 3. The van der Waals surface area contributed by atoms with Gasteiger partial charge < -0.3 is 15.5 Å². The van der Waals surface area contributed by atoms with Gasteiger partial charge in [0.15, 0.2) is 5.75 Å². The highest BCUT2D eigenvalue weighted by Gasteiger charge is 2.25. The molecule has 0 atom stereocenters. The first-order valence-corrected chi connectivity index (χ1v) is 13.2. The third kappa shape index (κ3) is 6.75. The van der Waals surface area contributed by atoms with Crippen LogP contribution in [0.5, 0.6) is 5.75 Å². The Morgan fingerprint density at radius 1 is 1.08 bits per heavy atom. The second-order valence-corrected chi connectivity index (χ2v) is 9.96. The monoisotopic (exact) mass is 590 g/mol. The van der Waals surface area contributed by atoms with Gasteiger partial charge in [-0.25, -0.2) is 4.79 Å². The fourth-order valence-corrected chi connectivity index (χ4v) is 4.96. The Labute approximate surface area is 235 Å². The average Bonchev–Trinajstić information content (AvgIpc) is 3.57. The standard InChI is InChI=1S/C18H12Cl2N2O4S2.C7H8N2O/c1-2-21-22(17(24)13-5-6-14(28-13)18(25)26)12-8-27-16(15(12)23)9-3-4-10(19)11(20)7-9;1-8-7(10)6-4-2-3-5-9-6/h2-8,23H,1H3,(H,25,26);2-5H,1H3,(H,8,10). The number of benzene rings is 1. The number of rotatable bonds is 6. The molecule has 0 bridgehead atoms.